The number of carbonyl (C=O) groups excluding carboxylic acids is 2. The van der Waals surface area contributed by atoms with Crippen molar-refractivity contribution >= 4 is 17.8 Å². The summed E-state index contributed by atoms with van der Waals surface area (Å²) in [6, 6.07) is 0. The number of allylic oxidation sites excluding steroid dienone is 2. The number of fused-ring (bicyclic) bond motifs is 5. The molecule has 4 rings (SSSR count). The van der Waals surface area contributed by atoms with Crippen LogP contribution in [0, 0.1) is 35.0 Å². The summed E-state index contributed by atoms with van der Waals surface area (Å²) in [4.78, 5) is 32.0. The lowest BCUT2D eigenvalue weighted by Gasteiger charge is -2.39. The number of nitrogens with zero attached hydrogens (tertiary/aromatic N) is 2. The van der Waals surface area contributed by atoms with Crippen LogP contribution in [0.3, 0.4) is 0 Å². The third-order valence-corrected chi connectivity index (χ3v) is 7.32. The Bertz CT molecular complexity index is 726. The zero-order valence-electron chi connectivity index (χ0n) is 19.4. The van der Waals surface area contributed by atoms with Gasteiger partial charge in [-0.2, -0.15) is 0 Å². The van der Waals surface area contributed by atoms with Crippen molar-refractivity contribution in [2.24, 2.45) is 40.0 Å². The third-order valence-electron chi connectivity index (χ3n) is 7.32. The molecule has 31 heavy (non-hydrogen) atoms. The minimum Gasteiger partial charge on any atom is -0.377 e. The van der Waals surface area contributed by atoms with Crippen LogP contribution in [-0.4, -0.2) is 61.6 Å². The van der Waals surface area contributed by atoms with Gasteiger partial charge in [-0.25, -0.2) is 0 Å². The number of guanidine groups is 1. The van der Waals surface area contributed by atoms with Crippen LogP contribution in [0.15, 0.2) is 17.1 Å². The molecule has 2 aliphatic heterocycles. The molecule has 2 amide bonds. The Labute approximate surface area is 186 Å². The first-order chi connectivity index (χ1) is 14.8. The standard InChI is InChI=1S/C24H38N4O3/c1-5-25-23(27-14-17-7-6-12-31-20(17)24(2,3)4)26-10-11-28-21(29)18-15-8-9-16(13-15)19(18)22(28)30/h8-9,15-20H,5-7,10-14H2,1-4H3,(H2,25,26,27). The van der Waals surface area contributed by atoms with Crippen molar-refractivity contribution < 1.29 is 14.3 Å². The highest BCUT2D eigenvalue weighted by Crippen LogP contribution is 2.52. The molecule has 2 bridgehead atoms. The number of rotatable bonds is 6. The van der Waals surface area contributed by atoms with Gasteiger partial charge in [0.1, 0.15) is 0 Å². The first kappa shape index (κ1) is 22.3. The Morgan fingerprint density at radius 3 is 2.45 bits per heavy atom. The predicted octanol–water partition coefficient (Wildman–Crippen LogP) is 2.19. The molecule has 0 aromatic rings. The smallest absolute Gasteiger partial charge is 0.233 e. The van der Waals surface area contributed by atoms with Crippen LogP contribution in [0.25, 0.3) is 0 Å². The Morgan fingerprint density at radius 1 is 1.16 bits per heavy atom. The number of imide groups is 1. The van der Waals surface area contributed by atoms with Gasteiger partial charge in [0.2, 0.25) is 11.8 Å². The van der Waals surface area contributed by atoms with Crippen molar-refractivity contribution in [1.29, 1.82) is 0 Å². The van der Waals surface area contributed by atoms with E-state index in [9.17, 15) is 9.59 Å². The average molecular weight is 431 g/mol. The number of ether oxygens (including phenoxy) is 1. The van der Waals surface area contributed by atoms with Gasteiger partial charge in [-0.1, -0.05) is 32.9 Å². The van der Waals surface area contributed by atoms with E-state index in [-0.39, 0.29) is 47.0 Å². The molecule has 1 saturated carbocycles. The zero-order valence-corrected chi connectivity index (χ0v) is 19.4. The number of likely N-dealkylation sites (tertiary alicyclic amines) is 1. The van der Waals surface area contributed by atoms with E-state index in [1.807, 2.05) is 6.92 Å². The molecule has 2 heterocycles. The fraction of sp³-hybridized carbons (Fsp3) is 0.792. The molecule has 172 valence electrons. The average Bonchev–Trinajstić information content (AvgIpc) is 3.41. The van der Waals surface area contributed by atoms with Crippen LogP contribution >= 0.6 is 0 Å². The summed E-state index contributed by atoms with van der Waals surface area (Å²) in [7, 11) is 0. The van der Waals surface area contributed by atoms with Crippen LogP contribution in [-0.2, 0) is 14.3 Å². The molecule has 7 nitrogen and oxygen atoms in total. The minimum absolute atomic E-state index is 0.0166. The summed E-state index contributed by atoms with van der Waals surface area (Å²) < 4.78 is 6.08. The summed E-state index contributed by atoms with van der Waals surface area (Å²) in [5.74, 6) is 1.45. The minimum atomic E-state index is -0.120. The van der Waals surface area contributed by atoms with Crippen LogP contribution in [0.5, 0.6) is 0 Å². The van der Waals surface area contributed by atoms with E-state index in [0.29, 0.717) is 25.6 Å². The van der Waals surface area contributed by atoms with E-state index in [1.54, 1.807) is 0 Å². The van der Waals surface area contributed by atoms with Crippen molar-refractivity contribution in [3.05, 3.63) is 12.2 Å². The summed E-state index contributed by atoms with van der Waals surface area (Å²) in [6.45, 7) is 11.9. The van der Waals surface area contributed by atoms with Crippen molar-refractivity contribution in [3.63, 3.8) is 0 Å². The SMILES string of the molecule is CCNC(=NCC1CCCOC1C(C)(C)C)NCCN1C(=O)C2C3C=CC(C3)C2C1=O. The number of nitrogens with one attached hydrogen (secondary N) is 2. The fourth-order valence-electron chi connectivity index (χ4n) is 6.01. The lowest BCUT2D eigenvalue weighted by atomic mass is 9.78. The Morgan fingerprint density at radius 2 is 1.84 bits per heavy atom. The molecular formula is C24H38N4O3. The van der Waals surface area contributed by atoms with Crippen LogP contribution < -0.4 is 10.6 Å². The monoisotopic (exact) mass is 430 g/mol. The molecule has 0 aromatic carbocycles. The van der Waals surface area contributed by atoms with Gasteiger partial charge in [0, 0.05) is 38.7 Å². The molecule has 0 aromatic heterocycles. The largest absolute Gasteiger partial charge is 0.377 e. The van der Waals surface area contributed by atoms with Crippen molar-refractivity contribution in [1.82, 2.24) is 15.5 Å². The molecule has 2 aliphatic carbocycles. The Balaban J connectivity index is 1.32. The number of amides is 2. The topological polar surface area (TPSA) is 83.0 Å². The third kappa shape index (κ3) is 4.38. The van der Waals surface area contributed by atoms with Crippen LogP contribution in [0.4, 0.5) is 0 Å². The van der Waals surface area contributed by atoms with Gasteiger partial charge in [-0.3, -0.25) is 19.5 Å². The molecule has 6 atom stereocenters. The van der Waals surface area contributed by atoms with Crippen molar-refractivity contribution in [2.75, 3.05) is 32.8 Å². The molecule has 6 unspecified atom stereocenters. The predicted molar refractivity (Wildman–Crippen MR) is 120 cm³/mol. The normalized spacial score (nSPS) is 35.1. The van der Waals surface area contributed by atoms with E-state index in [1.165, 1.54) is 4.90 Å². The van der Waals surface area contributed by atoms with Gasteiger partial charge in [0.25, 0.3) is 0 Å². The molecule has 7 heteroatoms. The van der Waals surface area contributed by atoms with Gasteiger partial charge in [-0.15, -0.1) is 0 Å². The summed E-state index contributed by atoms with van der Waals surface area (Å²) in [5, 5.41) is 6.61. The van der Waals surface area contributed by atoms with Gasteiger partial charge in [-0.05, 0) is 43.4 Å². The van der Waals surface area contributed by atoms with Crippen LogP contribution in [0.1, 0.15) is 47.0 Å². The molecule has 2 N–H and O–H groups in total. The van der Waals surface area contributed by atoms with Gasteiger partial charge in [0.05, 0.1) is 17.9 Å². The second-order valence-electron chi connectivity index (χ2n) is 10.5. The van der Waals surface area contributed by atoms with E-state index in [4.69, 9.17) is 9.73 Å². The highest BCUT2D eigenvalue weighted by atomic mass is 16.5. The lowest BCUT2D eigenvalue weighted by molar-refractivity contribution is -0.140. The quantitative estimate of drug-likeness (QED) is 0.292. The van der Waals surface area contributed by atoms with E-state index in [2.05, 4.69) is 43.6 Å². The van der Waals surface area contributed by atoms with Crippen LogP contribution in [0.2, 0.25) is 0 Å². The zero-order chi connectivity index (χ0) is 22.2. The van der Waals surface area contributed by atoms with E-state index in [0.717, 1.165) is 38.4 Å². The second-order valence-corrected chi connectivity index (χ2v) is 10.5. The first-order valence-electron chi connectivity index (χ1n) is 12.0. The van der Waals surface area contributed by atoms with Gasteiger partial charge < -0.3 is 15.4 Å². The van der Waals surface area contributed by atoms with Gasteiger partial charge in [0.15, 0.2) is 5.96 Å². The molecular weight excluding hydrogens is 392 g/mol. The maximum Gasteiger partial charge on any atom is 0.233 e. The number of hydrogen-bond acceptors (Lipinski definition) is 4. The molecule has 0 radical (unpaired) electrons. The number of carbonyl (C=O) groups is 2. The highest BCUT2D eigenvalue weighted by Gasteiger charge is 2.58. The molecule has 2 saturated heterocycles. The summed E-state index contributed by atoms with van der Waals surface area (Å²) >= 11 is 0. The first-order valence-corrected chi connectivity index (χ1v) is 12.0. The van der Waals surface area contributed by atoms with Gasteiger partial charge >= 0.3 is 0 Å². The maximum absolute atomic E-state index is 12.8. The Kier molecular flexibility index (Phi) is 6.42. The lowest BCUT2D eigenvalue weighted by Crippen LogP contribution is -2.45. The second kappa shape index (κ2) is 8.93. The highest BCUT2D eigenvalue weighted by molar-refractivity contribution is 6.06. The number of hydrogen-bond donors (Lipinski definition) is 2. The maximum atomic E-state index is 12.8. The summed E-state index contributed by atoms with van der Waals surface area (Å²) in [5.41, 5.74) is 0.0925. The van der Waals surface area contributed by atoms with Crippen molar-refractivity contribution in [3.8, 4) is 0 Å². The fourth-order valence-corrected chi connectivity index (χ4v) is 6.01. The molecule has 3 fully saturated rings. The Hall–Kier alpha value is -1.89. The van der Waals surface area contributed by atoms with E-state index < -0.39 is 0 Å². The number of aliphatic imine (C=N–C) groups is 1. The van der Waals surface area contributed by atoms with Crippen molar-refractivity contribution in [2.45, 2.75) is 53.1 Å². The van der Waals surface area contributed by atoms with E-state index >= 15 is 0 Å². The molecule has 0 spiro atoms. The molecule has 4 aliphatic rings. The summed E-state index contributed by atoms with van der Waals surface area (Å²) in [6.07, 6.45) is 7.64.